The van der Waals surface area contributed by atoms with Crippen molar-refractivity contribution < 1.29 is 4.74 Å². The van der Waals surface area contributed by atoms with Crippen molar-refractivity contribution in [2.45, 2.75) is 32.6 Å². The van der Waals surface area contributed by atoms with Crippen molar-refractivity contribution in [1.29, 1.82) is 0 Å². The van der Waals surface area contributed by atoms with Crippen LogP contribution in [0.3, 0.4) is 0 Å². The number of methoxy groups -OCH3 is 1. The molecule has 1 rings (SSSR count). The molecule has 0 aromatic heterocycles. The summed E-state index contributed by atoms with van der Waals surface area (Å²) in [5, 5.41) is 3.53. The van der Waals surface area contributed by atoms with Crippen molar-refractivity contribution in [3.05, 3.63) is 0 Å². The van der Waals surface area contributed by atoms with E-state index in [-0.39, 0.29) is 0 Å². The first-order valence-corrected chi connectivity index (χ1v) is 5.52. The van der Waals surface area contributed by atoms with E-state index in [0.717, 1.165) is 19.1 Å². The largest absolute Gasteiger partial charge is 0.384 e. The molecule has 0 spiro atoms. The fourth-order valence-corrected chi connectivity index (χ4v) is 2.09. The highest BCUT2D eigenvalue weighted by Gasteiger charge is 2.14. The highest BCUT2D eigenvalue weighted by atomic mass is 16.5. The maximum Gasteiger partial charge on any atom is 0.0499 e. The van der Waals surface area contributed by atoms with Gasteiger partial charge in [0.1, 0.15) is 0 Å². The monoisotopic (exact) mass is 185 g/mol. The van der Waals surface area contributed by atoms with Gasteiger partial charge < -0.3 is 10.1 Å². The minimum Gasteiger partial charge on any atom is -0.384 e. The van der Waals surface area contributed by atoms with Gasteiger partial charge in [-0.2, -0.15) is 0 Å². The van der Waals surface area contributed by atoms with Crippen LogP contribution in [-0.2, 0) is 4.74 Å². The minimum absolute atomic E-state index is 0.645. The zero-order valence-corrected chi connectivity index (χ0v) is 9.01. The van der Waals surface area contributed by atoms with Crippen molar-refractivity contribution in [2.75, 3.05) is 26.8 Å². The van der Waals surface area contributed by atoms with Crippen LogP contribution in [0.4, 0.5) is 0 Å². The van der Waals surface area contributed by atoms with Gasteiger partial charge in [0.05, 0.1) is 0 Å². The molecule has 2 nitrogen and oxygen atoms in total. The Balaban J connectivity index is 1.93. The molecule has 0 aliphatic heterocycles. The van der Waals surface area contributed by atoms with Crippen LogP contribution in [0.2, 0.25) is 0 Å². The second-order valence-corrected chi connectivity index (χ2v) is 4.37. The molecule has 1 fully saturated rings. The smallest absolute Gasteiger partial charge is 0.0499 e. The van der Waals surface area contributed by atoms with Crippen LogP contribution in [-0.4, -0.2) is 26.8 Å². The Labute approximate surface area is 82.0 Å². The molecule has 0 aromatic rings. The van der Waals surface area contributed by atoms with Gasteiger partial charge in [0.15, 0.2) is 0 Å². The van der Waals surface area contributed by atoms with Crippen molar-refractivity contribution in [3.8, 4) is 0 Å². The molecular weight excluding hydrogens is 162 g/mol. The van der Waals surface area contributed by atoms with Gasteiger partial charge in [-0.3, -0.25) is 0 Å². The molecule has 78 valence electrons. The summed E-state index contributed by atoms with van der Waals surface area (Å²) in [6, 6.07) is 0. The van der Waals surface area contributed by atoms with Crippen LogP contribution < -0.4 is 5.32 Å². The maximum atomic E-state index is 5.09. The zero-order chi connectivity index (χ0) is 9.52. The number of hydrogen-bond acceptors (Lipinski definition) is 2. The van der Waals surface area contributed by atoms with Gasteiger partial charge in [-0.1, -0.05) is 19.8 Å². The van der Waals surface area contributed by atoms with E-state index in [0.29, 0.717) is 5.92 Å². The lowest BCUT2D eigenvalue weighted by Crippen LogP contribution is -2.27. The number of nitrogens with one attached hydrogen (secondary N) is 1. The summed E-state index contributed by atoms with van der Waals surface area (Å²) in [6.07, 6.45) is 5.76. The molecule has 1 aliphatic rings. The van der Waals surface area contributed by atoms with Gasteiger partial charge in [0, 0.05) is 13.7 Å². The molecule has 1 aliphatic carbocycles. The zero-order valence-electron chi connectivity index (χ0n) is 9.01. The van der Waals surface area contributed by atoms with E-state index in [1.54, 1.807) is 7.11 Å². The maximum absolute atomic E-state index is 5.09. The minimum atomic E-state index is 0.645. The Morgan fingerprint density at radius 1 is 1.38 bits per heavy atom. The predicted octanol–water partition coefficient (Wildman–Crippen LogP) is 2.05. The molecular formula is C11H23NO. The van der Waals surface area contributed by atoms with Gasteiger partial charge >= 0.3 is 0 Å². The van der Waals surface area contributed by atoms with Crippen molar-refractivity contribution in [1.82, 2.24) is 5.32 Å². The lowest BCUT2D eigenvalue weighted by atomic mass is 10.1. The summed E-state index contributed by atoms with van der Waals surface area (Å²) >= 11 is 0. The third kappa shape index (κ3) is 4.63. The summed E-state index contributed by atoms with van der Waals surface area (Å²) in [5.41, 5.74) is 0. The normalized spacial score (nSPS) is 20.8. The summed E-state index contributed by atoms with van der Waals surface area (Å²) in [7, 11) is 1.77. The summed E-state index contributed by atoms with van der Waals surface area (Å²) in [4.78, 5) is 0. The van der Waals surface area contributed by atoms with Gasteiger partial charge in [-0.25, -0.2) is 0 Å². The highest BCUT2D eigenvalue weighted by molar-refractivity contribution is 4.69. The molecule has 13 heavy (non-hydrogen) atoms. The molecule has 0 amide bonds. The molecule has 0 bridgehead atoms. The first-order valence-electron chi connectivity index (χ1n) is 5.52. The topological polar surface area (TPSA) is 21.3 Å². The second-order valence-electron chi connectivity index (χ2n) is 4.37. The Morgan fingerprint density at radius 3 is 2.69 bits per heavy atom. The summed E-state index contributed by atoms with van der Waals surface area (Å²) in [6.45, 7) is 5.42. The fourth-order valence-electron chi connectivity index (χ4n) is 2.09. The highest BCUT2D eigenvalue weighted by Crippen LogP contribution is 2.23. The van der Waals surface area contributed by atoms with E-state index in [1.807, 2.05) is 0 Å². The van der Waals surface area contributed by atoms with Crippen molar-refractivity contribution in [3.63, 3.8) is 0 Å². The molecule has 1 saturated carbocycles. The predicted molar refractivity (Wildman–Crippen MR) is 55.9 cm³/mol. The standard InChI is InChI=1S/C11H23NO/c1-10(9-13-2)7-12-8-11-5-3-4-6-11/h10-12H,3-9H2,1-2H3. The SMILES string of the molecule is COCC(C)CNCC1CCCC1. The number of hydrogen-bond donors (Lipinski definition) is 1. The molecule has 1 atom stereocenters. The third-order valence-electron chi connectivity index (χ3n) is 2.85. The average molecular weight is 185 g/mol. The van der Waals surface area contributed by atoms with E-state index in [2.05, 4.69) is 12.2 Å². The van der Waals surface area contributed by atoms with Crippen LogP contribution in [0, 0.1) is 11.8 Å². The van der Waals surface area contributed by atoms with E-state index >= 15 is 0 Å². The van der Waals surface area contributed by atoms with Crippen LogP contribution in [0.15, 0.2) is 0 Å². The lowest BCUT2D eigenvalue weighted by Gasteiger charge is -2.14. The van der Waals surface area contributed by atoms with E-state index in [9.17, 15) is 0 Å². The van der Waals surface area contributed by atoms with Crippen LogP contribution in [0.25, 0.3) is 0 Å². The van der Waals surface area contributed by atoms with E-state index in [1.165, 1.54) is 32.2 Å². The second kappa shape index (κ2) is 6.39. The Bertz CT molecular complexity index is 121. The van der Waals surface area contributed by atoms with E-state index in [4.69, 9.17) is 4.74 Å². The molecule has 1 unspecified atom stereocenters. The molecule has 1 N–H and O–H groups in total. The lowest BCUT2D eigenvalue weighted by molar-refractivity contribution is 0.158. The van der Waals surface area contributed by atoms with Gasteiger partial charge in [0.25, 0.3) is 0 Å². The molecule has 2 heteroatoms. The summed E-state index contributed by atoms with van der Waals surface area (Å²) < 4.78 is 5.09. The Morgan fingerprint density at radius 2 is 2.08 bits per heavy atom. The first-order chi connectivity index (χ1) is 6.33. The fraction of sp³-hybridized carbons (Fsp3) is 1.00. The molecule has 0 aromatic carbocycles. The Hall–Kier alpha value is -0.0800. The average Bonchev–Trinajstić information content (AvgIpc) is 2.57. The summed E-state index contributed by atoms with van der Waals surface area (Å²) in [5.74, 6) is 1.60. The van der Waals surface area contributed by atoms with Crippen LogP contribution >= 0.6 is 0 Å². The Kier molecular flexibility index (Phi) is 5.40. The molecule has 0 radical (unpaired) electrons. The number of ether oxygens (including phenoxy) is 1. The third-order valence-corrected chi connectivity index (χ3v) is 2.85. The van der Waals surface area contributed by atoms with Crippen molar-refractivity contribution >= 4 is 0 Å². The molecule has 0 heterocycles. The quantitative estimate of drug-likeness (QED) is 0.684. The number of rotatable bonds is 6. The van der Waals surface area contributed by atoms with E-state index < -0.39 is 0 Å². The van der Waals surface area contributed by atoms with Crippen molar-refractivity contribution in [2.24, 2.45) is 11.8 Å². The van der Waals surface area contributed by atoms with Crippen LogP contribution in [0.1, 0.15) is 32.6 Å². The molecule has 0 saturated heterocycles. The first kappa shape index (κ1) is 11.0. The van der Waals surface area contributed by atoms with Gasteiger partial charge in [-0.05, 0) is 37.8 Å². The van der Waals surface area contributed by atoms with Gasteiger partial charge in [-0.15, -0.1) is 0 Å². The van der Waals surface area contributed by atoms with Gasteiger partial charge in [0.2, 0.25) is 0 Å². The van der Waals surface area contributed by atoms with Crippen LogP contribution in [0.5, 0.6) is 0 Å².